The Morgan fingerprint density at radius 1 is 1.21 bits per heavy atom. The number of likely N-dealkylation sites (tertiary alicyclic amines) is 1. The molecule has 9 nitrogen and oxygen atoms in total. The normalized spacial score (nSPS) is 17.3. The largest absolute Gasteiger partial charge is 0.497 e. The molecule has 34 heavy (non-hydrogen) atoms. The molecule has 0 saturated carbocycles. The van der Waals surface area contributed by atoms with Crippen LogP contribution in [0, 0.1) is 11.8 Å². The number of aromatic nitrogens is 3. The molecule has 0 radical (unpaired) electrons. The second-order valence-electron chi connectivity index (χ2n) is 7.98. The highest BCUT2D eigenvalue weighted by molar-refractivity contribution is 5.87. The first-order valence-corrected chi connectivity index (χ1v) is 10.8. The predicted molar refractivity (Wildman–Crippen MR) is 128 cm³/mol. The number of hydrogen-bond donors (Lipinski definition) is 1. The molecular formula is C25H27N5O4. The van der Waals surface area contributed by atoms with Crippen LogP contribution in [0.4, 0.5) is 5.82 Å². The number of nitrogens with zero attached hydrogens (tertiary/aromatic N) is 4. The van der Waals surface area contributed by atoms with E-state index in [1.165, 1.54) is 12.4 Å². The Balaban J connectivity index is 1.76. The van der Waals surface area contributed by atoms with Crippen LogP contribution in [-0.2, 0) is 9.53 Å². The fraction of sp³-hybridized carbons (Fsp3) is 0.320. The van der Waals surface area contributed by atoms with E-state index in [4.69, 9.17) is 19.9 Å². The van der Waals surface area contributed by atoms with Crippen LogP contribution in [0.25, 0.3) is 5.52 Å². The van der Waals surface area contributed by atoms with Gasteiger partial charge in [0.05, 0.1) is 32.4 Å². The molecule has 2 atom stereocenters. The van der Waals surface area contributed by atoms with Gasteiger partial charge in [-0.1, -0.05) is 18.4 Å². The molecule has 2 aromatic heterocycles. The third kappa shape index (κ3) is 4.40. The van der Waals surface area contributed by atoms with Crippen molar-refractivity contribution in [3.05, 3.63) is 60.1 Å². The van der Waals surface area contributed by atoms with Crippen molar-refractivity contribution >= 4 is 17.2 Å². The van der Waals surface area contributed by atoms with Crippen LogP contribution >= 0.6 is 0 Å². The first-order valence-electron chi connectivity index (χ1n) is 10.8. The van der Waals surface area contributed by atoms with Gasteiger partial charge in [-0.05, 0) is 30.7 Å². The van der Waals surface area contributed by atoms with Crippen molar-refractivity contribution < 1.29 is 19.0 Å². The van der Waals surface area contributed by atoms with Gasteiger partial charge in [-0.3, -0.25) is 4.79 Å². The Labute approximate surface area is 198 Å². The van der Waals surface area contributed by atoms with Crippen molar-refractivity contribution in [2.75, 3.05) is 40.2 Å². The number of fused-ring (bicyclic) bond motifs is 1. The molecule has 1 saturated heterocycles. The van der Waals surface area contributed by atoms with Gasteiger partial charge in [-0.25, -0.2) is 9.50 Å². The van der Waals surface area contributed by atoms with Gasteiger partial charge in [0, 0.05) is 36.9 Å². The molecule has 2 N–H and O–H groups in total. The van der Waals surface area contributed by atoms with Gasteiger partial charge in [0.25, 0.3) is 0 Å². The number of benzene rings is 1. The van der Waals surface area contributed by atoms with Crippen molar-refractivity contribution in [2.45, 2.75) is 18.4 Å². The van der Waals surface area contributed by atoms with E-state index in [1.807, 2.05) is 18.2 Å². The van der Waals surface area contributed by atoms with Gasteiger partial charge in [-0.2, -0.15) is 5.10 Å². The zero-order valence-electron chi connectivity index (χ0n) is 19.4. The molecule has 1 amide bonds. The molecule has 0 unspecified atom stereocenters. The van der Waals surface area contributed by atoms with Crippen LogP contribution in [0.2, 0.25) is 0 Å². The second kappa shape index (κ2) is 9.85. The highest BCUT2D eigenvalue weighted by Crippen LogP contribution is 2.35. The van der Waals surface area contributed by atoms with E-state index >= 15 is 0 Å². The lowest BCUT2D eigenvalue weighted by atomic mass is 10.0. The summed E-state index contributed by atoms with van der Waals surface area (Å²) in [6.45, 7) is 4.60. The van der Waals surface area contributed by atoms with Crippen LogP contribution in [0.15, 0.2) is 43.2 Å². The molecule has 3 heterocycles. The lowest BCUT2D eigenvalue weighted by Crippen LogP contribution is -2.37. The summed E-state index contributed by atoms with van der Waals surface area (Å²) >= 11 is 0. The van der Waals surface area contributed by atoms with Crippen molar-refractivity contribution in [3.8, 4) is 23.3 Å². The SMILES string of the molecule is C=CC(=O)N1C[C@@H](c2cc(C#Cc3cc(OC)cc(OC)c3)c3c(N)ncnn23)C[C@@H]1COC. The summed E-state index contributed by atoms with van der Waals surface area (Å²) in [6.07, 6.45) is 3.48. The molecule has 1 aliphatic heterocycles. The van der Waals surface area contributed by atoms with E-state index in [0.717, 1.165) is 17.7 Å². The number of hydrogen-bond acceptors (Lipinski definition) is 7. The number of carbonyl (C=O) groups excluding carboxylic acids is 1. The number of methoxy groups -OCH3 is 3. The molecule has 0 spiro atoms. The zero-order chi connectivity index (χ0) is 24.2. The summed E-state index contributed by atoms with van der Waals surface area (Å²) in [4.78, 5) is 18.4. The summed E-state index contributed by atoms with van der Waals surface area (Å²) in [6, 6.07) is 7.37. The van der Waals surface area contributed by atoms with E-state index in [0.29, 0.717) is 41.5 Å². The molecule has 1 aromatic carbocycles. The number of rotatable bonds is 6. The molecule has 1 fully saturated rings. The molecule has 1 aliphatic rings. The first-order chi connectivity index (χ1) is 16.5. The Morgan fingerprint density at radius 2 is 1.94 bits per heavy atom. The summed E-state index contributed by atoms with van der Waals surface area (Å²) in [5, 5.41) is 4.44. The highest BCUT2D eigenvalue weighted by Gasteiger charge is 2.36. The van der Waals surface area contributed by atoms with E-state index in [1.54, 1.807) is 36.8 Å². The molecule has 0 bridgehead atoms. The molecule has 176 valence electrons. The highest BCUT2D eigenvalue weighted by atomic mass is 16.5. The van der Waals surface area contributed by atoms with Crippen LogP contribution in [-0.4, -0.2) is 65.9 Å². The van der Waals surface area contributed by atoms with E-state index in [-0.39, 0.29) is 17.9 Å². The number of nitrogen functional groups attached to an aromatic ring is 1. The Kier molecular flexibility index (Phi) is 6.70. The Hall–Kier alpha value is -4.03. The zero-order valence-corrected chi connectivity index (χ0v) is 19.4. The minimum Gasteiger partial charge on any atom is -0.497 e. The van der Waals surface area contributed by atoms with Crippen LogP contribution in [0.5, 0.6) is 11.5 Å². The number of amides is 1. The number of anilines is 1. The minimum absolute atomic E-state index is 0.0262. The quantitative estimate of drug-likeness (QED) is 0.443. The summed E-state index contributed by atoms with van der Waals surface area (Å²) in [5.41, 5.74) is 9.21. The minimum atomic E-state index is -0.119. The maximum Gasteiger partial charge on any atom is 0.246 e. The van der Waals surface area contributed by atoms with Crippen molar-refractivity contribution in [3.63, 3.8) is 0 Å². The van der Waals surface area contributed by atoms with Crippen molar-refractivity contribution in [2.24, 2.45) is 0 Å². The Bertz CT molecular complexity index is 1270. The average Bonchev–Trinajstić information content (AvgIpc) is 3.44. The molecular weight excluding hydrogens is 434 g/mol. The molecule has 4 rings (SSSR count). The van der Waals surface area contributed by atoms with E-state index < -0.39 is 0 Å². The van der Waals surface area contributed by atoms with Crippen LogP contribution in [0.3, 0.4) is 0 Å². The number of nitrogens with two attached hydrogens (primary N) is 1. The van der Waals surface area contributed by atoms with Gasteiger partial charge < -0.3 is 24.8 Å². The average molecular weight is 462 g/mol. The van der Waals surface area contributed by atoms with Gasteiger partial charge in [-0.15, -0.1) is 0 Å². The summed E-state index contributed by atoms with van der Waals surface area (Å²) < 4.78 is 17.8. The first kappa shape index (κ1) is 23.1. The van der Waals surface area contributed by atoms with Gasteiger partial charge >= 0.3 is 0 Å². The molecule has 0 aliphatic carbocycles. The summed E-state index contributed by atoms with van der Waals surface area (Å²) in [5.74, 6) is 7.91. The van der Waals surface area contributed by atoms with Gasteiger partial charge in [0.2, 0.25) is 5.91 Å². The topological polar surface area (TPSA) is 104 Å². The lowest BCUT2D eigenvalue weighted by molar-refractivity contribution is -0.127. The van der Waals surface area contributed by atoms with Crippen molar-refractivity contribution in [1.29, 1.82) is 0 Å². The van der Waals surface area contributed by atoms with Gasteiger partial charge in [0.15, 0.2) is 5.82 Å². The maximum atomic E-state index is 12.4. The van der Waals surface area contributed by atoms with E-state index in [9.17, 15) is 4.79 Å². The predicted octanol–water partition coefficient (Wildman–Crippen LogP) is 2.25. The third-order valence-corrected chi connectivity index (χ3v) is 5.95. The third-order valence-electron chi connectivity index (χ3n) is 5.95. The lowest BCUT2D eigenvalue weighted by Gasteiger charge is -2.22. The molecule has 9 heteroatoms. The van der Waals surface area contributed by atoms with Crippen molar-refractivity contribution in [1.82, 2.24) is 19.5 Å². The van der Waals surface area contributed by atoms with E-state index in [2.05, 4.69) is 28.5 Å². The number of carbonyl (C=O) groups is 1. The second-order valence-corrected chi connectivity index (χ2v) is 7.98. The fourth-order valence-electron chi connectivity index (χ4n) is 4.37. The number of ether oxygens (including phenoxy) is 3. The smallest absolute Gasteiger partial charge is 0.246 e. The Morgan fingerprint density at radius 3 is 2.59 bits per heavy atom. The standard InChI is InChI=1S/C25H27N5O4/c1-5-23(31)29-13-18(10-19(29)14-32-2)22-11-17(24-25(26)27-15-28-30(22)24)7-6-16-8-20(33-3)12-21(9-16)34-4/h5,8-9,11-12,15,18-19H,1,10,13-14H2,2-4H3,(H2,26,27,28)/t18-,19+/m0/s1. The summed E-state index contributed by atoms with van der Waals surface area (Å²) in [7, 11) is 4.82. The fourth-order valence-corrected chi connectivity index (χ4v) is 4.37. The maximum absolute atomic E-state index is 12.4. The molecule has 3 aromatic rings. The van der Waals surface area contributed by atoms with Crippen LogP contribution < -0.4 is 15.2 Å². The monoisotopic (exact) mass is 461 g/mol. The van der Waals surface area contributed by atoms with Gasteiger partial charge in [0.1, 0.15) is 23.3 Å². The van der Waals surface area contributed by atoms with Crippen LogP contribution in [0.1, 0.15) is 29.2 Å².